The van der Waals surface area contributed by atoms with E-state index >= 15 is 0 Å². The van der Waals surface area contributed by atoms with Crippen LogP contribution in [0.5, 0.6) is 0 Å². The fraction of sp³-hybridized carbons (Fsp3) is 0.353. The van der Waals surface area contributed by atoms with Gasteiger partial charge in [0.05, 0.1) is 16.6 Å². The molecule has 2 rings (SSSR count). The second kappa shape index (κ2) is 11.0. The fourth-order valence-electron chi connectivity index (χ4n) is 2.09. The maximum atomic E-state index is 13.8. The number of nitrogens with one attached hydrogen (secondary N) is 2. The van der Waals surface area contributed by atoms with E-state index in [0.717, 1.165) is 17.8 Å². The Morgan fingerprint density at radius 1 is 1.40 bits per heavy atom. The van der Waals surface area contributed by atoms with E-state index in [-0.39, 0.29) is 36.3 Å². The third-order valence-electron chi connectivity index (χ3n) is 3.43. The topological polar surface area (TPSA) is 73.1 Å². The molecule has 0 amide bonds. The molecule has 8 heteroatoms. The molecule has 0 fully saturated rings. The average Bonchev–Trinajstić information content (AvgIpc) is 3.07. The SMILES string of the molecule is CCc1cnc(CCNC(=NC)NCc2cc(C#N)ccc2F)s1.I. The molecule has 0 radical (unpaired) electrons. The summed E-state index contributed by atoms with van der Waals surface area (Å²) >= 11 is 1.72. The third kappa shape index (κ3) is 6.59. The molecule has 0 aliphatic heterocycles. The van der Waals surface area contributed by atoms with Crippen LogP contribution >= 0.6 is 35.3 Å². The van der Waals surface area contributed by atoms with Gasteiger partial charge in [0.1, 0.15) is 5.82 Å². The summed E-state index contributed by atoms with van der Waals surface area (Å²) < 4.78 is 13.8. The molecule has 134 valence electrons. The van der Waals surface area contributed by atoms with Crippen molar-refractivity contribution in [2.75, 3.05) is 13.6 Å². The summed E-state index contributed by atoms with van der Waals surface area (Å²) in [5.41, 5.74) is 0.871. The molecule has 2 aromatic rings. The summed E-state index contributed by atoms with van der Waals surface area (Å²) in [4.78, 5) is 9.77. The lowest BCUT2D eigenvalue weighted by Gasteiger charge is -2.12. The molecule has 0 saturated carbocycles. The van der Waals surface area contributed by atoms with Crippen LogP contribution in [0.1, 0.15) is 27.9 Å². The zero-order valence-corrected chi connectivity index (χ0v) is 17.3. The van der Waals surface area contributed by atoms with Crippen LogP contribution < -0.4 is 10.6 Å². The number of nitrogens with zero attached hydrogens (tertiary/aromatic N) is 3. The van der Waals surface area contributed by atoms with Crippen molar-refractivity contribution < 1.29 is 4.39 Å². The van der Waals surface area contributed by atoms with Crippen LogP contribution in [-0.4, -0.2) is 24.5 Å². The smallest absolute Gasteiger partial charge is 0.191 e. The van der Waals surface area contributed by atoms with E-state index in [4.69, 9.17) is 5.26 Å². The number of halogens is 2. The van der Waals surface area contributed by atoms with Gasteiger partial charge in [-0.15, -0.1) is 35.3 Å². The van der Waals surface area contributed by atoms with Crippen LogP contribution in [0.15, 0.2) is 29.4 Å². The van der Waals surface area contributed by atoms with E-state index in [9.17, 15) is 4.39 Å². The molecule has 0 spiro atoms. The number of benzene rings is 1. The Balaban J connectivity index is 0.00000312. The number of hydrogen-bond donors (Lipinski definition) is 2. The first-order valence-electron chi connectivity index (χ1n) is 7.73. The largest absolute Gasteiger partial charge is 0.356 e. The van der Waals surface area contributed by atoms with E-state index in [1.165, 1.54) is 23.1 Å². The van der Waals surface area contributed by atoms with Crippen molar-refractivity contribution in [2.45, 2.75) is 26.3 Å². The molecule has 0 aliphatic rings. The summed E-state index contributed by atoms with van der Waals surface area (Å²) in [5.74, 6) is 0.246. The normalized spacial score (nSPS) is 10.7. The first-order chi connectivity index (χ1) is 11.7. The maximum absolute atomic E-state index is 13.8. The van der Waals surface area contributed by atoms with Crippen LogP contribution in [-0.2, 0) is 19.4 Å². The Morgan fingerprint density at radius 2 is 2.20 bits per heavy atom. The molecule has 0 saturated heterocycles. The minimum atomic E-state index is -0.341. The van der Waals surface area contributed by atoms with Gasteiger partial charge < -0.3 is 10.6 Å². The van der Waals surface area contributed by atoms with Gasteiger partial charge in [-0.2, -0.15) is 5.26 Å². The van der Waals surface area contributed by atoms with E-state index in [0.29, 0.717) is 23.6 Å². The molecular formula is C17H21FIN5S. The summed E-state index contributed by atoms with van der Waals surface area (Å²) in [6.45, 7) is 3.07. The van der Waals surface area contributed by atoms with Gasteiger partial charge in [-0.25, -0.2) is 9.37 Å². The van der Waals surface area contributed by atoms with Gasteiger partial charge in [-0.3, -0.25) is 4.99 Å². The summed E-state index contributed by atoms with van der Waals surface area (Å²) in [7, 11) is 1.66. The number of guanidine groups is 1. The molecule has 0 bridgehead atoms. The average molecular weight is 473 g/mol. The maximum Gasteiger partial charge on any atom is 0.191 e. The number of hydrogen-bond acceptors (Lipinski definition) is 4. The van der Waals surface area contributed by atoms with Crippen LogP contribution in [0, 0.1) is 17.1 Å². The molecule has 1 aromatic heterocycles. The third-order valence-corrected chi connectivity index (χ3v) is 4.63. The van der Waals surface area contributed by atoms with Crippen molar-refractivity contribution in [1.82, 2.24) is 15.6 Å². The highest BCUT2D eigenvalue weighted by molar-refractivity contribution is 14.0. The number of thiazole rings is 1. The van der Waals surface area contributed by atoms with Gasteiger partial charge in [-0.05, 0) is 24.6 Å². The van der Waals surface area contributed by atoms with Crippen molar-refractivity contribution >= 4 is 41.3 Å². The first-order valence-corrected chi connectivity index (χ1v) is 8.54. The standard InChI is InChI=1S/C17H20FN5S.HI/c1-3-14-11-22-16(24-14)6-7-21-17(20-2)23-10-13-8-12(9-19)4-5-15(13)18;/h4-5,8,11H,3,6-7,10H2,1-2H3,(H2,20,21,23);1H. The molecule has 2 N–H and O–H groups in total. The van der Waals surface area contributed by atoms with Crippen molar-refractivity contribution in [2.24, 2.45) is 4.99 Å². The lowest BCUT2D eigenvalue weighted by molar-refractivity contribution is 0.604. The fourth-order valence-corrected chi connectivity index (χ4v) is 2.96. The lowest BCUT2D eigenvalue weighted by Crippen LogP contribution is -2.38. The Hall–Kier alpha value is -1.73. The number of rotatable bonds is 6. The quantitative estimate of drug-likeness (QED) is 0.384. The predicted octanol–water partition coefficient (Wildman–Crippen LogP) is 3.24. The molecule has 0 atom stereocenters. The Kier molecular flexibility index (Phi) is 9.37. The van der Waals surface area contributed by atoms with Crippen molar-refractivity contribution in [3.05, 3.63) is 51.2 Å². The molecule has 5 nitrogen and oxygen atoms in total. The van der Waals surface area contributed by atoms with E-state index in [1.54, 1.807) is 18.4 Å². The Labute approximate surface area is 168 Å². The zero-order valence-electron chi connectivity index (χ0n) is 14.2. The van der Waals surface area contributed by atoms with Crippen LogP contribution in [0.25, 0.3) is 0 Å². The molecule has 1 heterocycles. The second-order valence-corrected chi connectivity index (χ2v) is 6.29. The minimum absolute atomic E-state index is 0. The number of aliphatic imine (C=N–C) groups is 1. The highest BCUT2D eigenvalue weighted by atomic mass is 127. The van der Waals surface area contributed by atoms with Crippen molar-refractivity contribution in [1.29, 1.82) is 5.26 Å². The summed E-state index contributed by atoms with van der Waals surface area (Å²) in [6, 6.07) is 6.32. The van der Waals surface area contributed by atoms with Crippen LogP contribution in [0.3, 0.4) is 0 Å². The van der Waals surface area contributed by atoms with E-state index in [1.807, 2.05) is 12.3 Å². The monoisotopic (exact) mass is 473 g/mol. The first kappa shape index (κ1) is 21.3. The Bertz CT molecular complexity index is 754. The molecular weight excluding hydrogens is 452 g/mol. The lowest BCUT2D eigenvalue weighted by atomic mass is 10.1. The molecule has 25 heavy (non-hydrogen) atoms. The van der Waals surface area contributed by atoms with Crippen molar-refractivity contribution in [3.8, 4) is 6.07 Å². The van der Waals surface area contributed by atoms with Gasteiger partial charge in [0.2, 0.25) is 0 Å². The van der Waals surface area contributed by atoms with Gasteiger partial charge in [-0.1, -0.05) is 6.92 Å². The Morgan fingerprint density at radius 3 is 2.84 bits per heavy atom. The zero-order chi connectivity index (χ0) is 17.4. The summed E-state index contributed by atoms with van der Waals surface area (Å²) in [5, 5.41) is 16.2. The second-order valence-electron chi connectivity index (χ2n) is 5.09. The van der Waals surface area contributed by atoms with Crippen molar-refractivity contribution in [3.63, 3.8) is 0 Å². The highest BCUT2D eigenvalue weighted by Gasteiger charge is 2.06. The molecule has 1 aromatic carbocycles. The van der Waals surface area contributed by atoms with E-state index in [2.05, 4.69) is 27.5 Å². The molecule has 0 unspecified atom stereocenters. The van der Waals surface area contributed by atoms with Crippen LogP contribution in [0.2, 0.25) is 0 Å². The van der Waals surface area contributed by atoms with E-state index < -0.39 is 0 Å². The molecule has 0 aliphatic carbocycles. The van der Waals surface area contributed by atoms with Crippen LogP contribution in [0.4, 0.5) is 4.39 Å². The summed E-state index contributed by atoms with van der Waals surface area (Å²) in [6.07, 6.45) is 3.73. The van der Waals surface area contributed by atoms with Gasteiger partial charge >= 0.3 is 0 Å². The van der Waals surface area contributed by atoms with Gasteiger partial charge in [0.15, 0.2) is 5.96 Å². The number of aromatic nitrogens is 1. The number of nitriles is 1. The van der Waals surface area contributed by atoms with Gasteiger partial charge in [0, 0.05) is 43.2 Å². The predicted molar refractivity (Wildman–Crippen MR) is 110 cm³/mol. The highest BCUT2D eigenvalue weighted by Crippen LogP contribution is 2.13. The number of aryl methyl sites for hydroxylation is 1. The van der Waals surface area contributed by atoms with Gasteiger partial charge in [0.25, 0.3) is 0 Å². The minimum Gasteiger partial charge on any atom is -0.356 e.